The molecule has 2 heteroatoms. The Morgan fingerprint density at radius 1 is 1.00 bits per heavy atom. The van der Waals surface area contributed by atoms with Gasteiger partial charge in [-0.15, -0.1) is 0 Å². The average molecular weight is 283 g/mol. The number of rotatable bonds is 10. The molecule has 0 bridgehead atoms. The molecule has 0 spiro atoms. The van der Waals surface area contributed by atoms with Gasteiger partial charge in [-0.25, -0.2) is 0 Å². The van der Waals surface area contributed by atoms with E-state index < -0.39 is 0 Å². The third-order valence-corrected chi connectivity index (χ3v) is 5.68. The van der Waals surface area contributed by atoms with Crippen LogP contribution in [0.25, 0.3) is 0 Å². The first-order chi connectivity index (χ1) is 9.69. The van der Waals surface area contributed by atoms with Crippen LogP contribution >= 0.6 is 0 Å². The number of nitrogens with zero attached hydrogens (tertiary/aromatic N) is 1. The molecule has 0 aromatic heterocycles. The van der Waals surface area contributed by atoms with Crippen molar-refractivity contribution in [1.29, 1.82) is 0 Å². The molecule has 2 nitrogen and oxygen atoms in total. The average Bonchev–Trinajstić information content (AvgIpc) is 3.00. The molecule has 1 atom stereocenters. The molecule has 0 heterocycles. The second kappa shape index (κ2) is 9.04. The van der Waals surface area contributed by atoms with Crippen LogP contribution in [0.15, 0.2) is 0 Å². The highest BCUT2D eigenvalue weighted by Crippen LogP contribution is 2.38. The molecule has 1 fully saturated rings. The van der Waals surface area contributed by atoms with Crippen LogP contribution in [0.4, 0.5) is 0 Å². The van der Waals surface area contributed by atoms with Crippen molar-refractivity contribution in [2.75, 3.05) is 19.6 Å². The lowest BCUT2D eigenvalue weighted by Crippen LogP contribution is -2.63. The number of hydrogen-bond acceptors (Lipinski definition) is 2. The van der Waals surface area contributed by atoms with Crippen molar-refractivity contribution in [3.05, 3.63) is 0 Å². The molecule has 0 aromatic carbocycles. The number of likely N-dealkylation sites (N-methyl/N-ethyl adjacent to an activating group) is 1. The van der Waals surface area contributed by atoms with Gasteiger partial charge in [0.15, 0.2) is 0 Å². The first-order valence-electron chi connectivity index (χ1n) is 9.18. The summed E-state index contributed by atoms with van der Waals surface area (Å²) in [6.45, 7) is 15.3. The maximum atomic E-state index is 3.96. The predicted molar refractivity (Wildman–Crippen MR) is 90.3 cm³/mol. The first kappa shape index (κ1) is 18.0. The second-order valence-electron chi connectivity index (χ2n) is 6.46. The van der Waals surface area contributed by atoms with Gasteiger partial charge in [0, 0.05) is 11.6 Å². The molecule has 1 saturated carbocycles. The highest BCUT2D eigenvalue weighted by Gasteiger charge is 2.43. The summed E-state index contributed by atoms with van der Waals surface area (Å²) >= 11 is 0. The fraction of sp³-hybridized carbons (Fsp3) is 1.00. The van der Waals surface area contributed by atoms with E-state index in [0.29, 0.717) is 11.6 Å². The summed E-state index contributed by atoms with van der Waals surface area (Å²) in [7, 11) is 0. The lowest BCUT2D eigenvalue weighted by Gasteiger charge is -2.50. The summed E-state index contributed by atoms with van der Waals surface area (Å²) in [4.78, 5) is 2.73. The molecule has 120 valence electrons. The molecule has 0 aromatic rings. The Kier molecular flexibility index (Phi) is 8.13. The quantitative estimate of drug-likeness (QED) is 0.637. The highest BCUT2D eigenvalue weighted by molar-refractivity contribution is 5.02. The third-order valence-electron chi connectivity index (χ3n) is 5.68. The van der Waals surface area contributed by atoms with Crippen LogP contribution in [0.1, 0.15) is 79.6 Å². The number of hydrogen-bond donors (Lipinski definition) is 1. The van der Waals surface area contributed by atoms with Gasteiger partial charge in [-0.2, -0.15) is 0 Å². The molecular formula is C18H38N2. The van der Waals surface area contributed by atoms with Crippen molar-refractivity contribution >= 4 is 0 Å². The van der Waals surface area contributed by atoms with E-state index in [4.69, 9.17) is 0 Å². The predicted octanol–water partition coefficient (Wildman–Crippen LogP) is 4.45. The smallest absolute Gasteiger partial charge is 0.0359 e. The second-order valence-corrected chi connectivity index (χ2v) is 6.46. The molecular weight excluding hydrogens is 244 g/mol. The van der Waals surface area contributed by atoms with E-state index in [0.717, 1.165) is 5.92 Å². The first-order valence-corrected chi connectivity index (χ1v) is 9.18. The zero-order valence-corrected chi connectivity index (χ0v) is 14.7. The van der Waals surface area contributed by atoms with Gasteiger partial charge in [0.05, 0.1) is 0 Å². The van der Waals surface area contributed by atoms with E-state index in [-0.39, 0.29) is 0 Å². The fourth-order valence-corrected chi connectivity index (χ4v) is 4.57. The normalized spacial score (nSPS) is 18.9. The molecule has 0 saturated heterocycles. The largest absolute Gasteiger partial charge is 0.312 e. The van der Waals surface area contributed by atoms with Crippen molar-refractivity contribution in [3.8, 4) is 0 Å². The third kappa shape index (κ3) is 3.76. The lowest BCUT2D eigenvalue weighted by atomic mass is 9.75. The molecule has 1 aliphatic carbocycles. The summed E-state index contributed by atoms with van der Waals surface area (Å²) in [5.41, 5.74) is 0.355. The number of nitrogens with one attached hydrogen (secondary N) is 1. The summed E-state index contributed by atoms with van der Waals surface area (Å²) < 4.78 is 0. The molecule has 1 N–H and O–H groups in total. The minimum Gasteiger partial charge on any atom is -0.312 e. The molecule has 0 amide bonds. The van der Waals surface area contributed by atoms with Crippen LogP contribution in [-0.2, 0) is 0 Å². The molecule has 0 radical (unpaired) electrons. The monoisotopic (exact) mass is 282 g/mol. The Labute approximate surface area is 127 Å². The van der Waals surface area contributed by atoms with Crippen molar-refractivity contribution < 1.29 is 0 Å². The zero-order valence-electron chi connectivity index (χ0n) is 14.7. The Hall–Kier alpha value is -0.0800. The minimum atomic E-state index is 0.355. The standard InChI is InChI=1S/C18H38N2/c1-6-15-19-17(16-13-11-12-14-16)18(7-2,8-3)20(9-4)10-5/h16-17,19H,6-15H2,1-5H3. The summed E-state index contributed by atoms with van der Waals surface area (Å²) in [5.74, 6) is 0.891. The van der Waals surface area contributed by atoms with Gasteiger partial charge in [-0.3, -0.25) is 4.90 Å². The SMILES string of the molecule is CCCNC(C1CCCC1)C(CC)(CC)N(CC)CC. The summed E-state index contributed by atoms with van der Waals surface area (Å²) in [5, 5.41) is 3.96. The fourth-order valence-electron chi connectivity index (χ4n) is 4.57. The summed E-state index contributed by atoms with van der Waals surface area (Å²) in [6.07, 6.45) is 9.53. The molecule has 1 rings (SSSR count). The Morgan fingerprint density at radius 2 is 1.55 bits per heavy atom. The maximum Gasteiger partial charge on any atom is 0.0359 e. The van der Waals surface area contributed by atoms with Crippen molar-refractivity contribution in [2.45, 2.75) is 91.1 Å². The molecule has 1 aliphatic rings. The van der Waals surface area contributed by atoms with Gasteiger partial charge in [-0.05, 0) is 57.7 Å². The van der Waals surface area contributed by atoms with Crippen LogP contribution < -0.4 is 5.32 Å². The Balaban J connectivity index is 3.00. The maximum absolute atomic E-state index is 3.96. The van der Waals surface area contributed by atoms with E-state index in [9.17, 15) is 0 Å². The van der Waals surface area contributed by atoms with Crippen LogP contribution in [0, 0.1) is 5.92 Å². The van der Waals surface area contributed by atoms with E-state index in [2.05, 4.69) is 44.8 Å². The summed E-state index contributed by atoms with van der Waals surface area (Å²) in [6, 6.07) is 0.680. The van der Waals surface area contributed by atoms with E-state index in [1.54, 1.807) is 0 Å². The minimum absolute atomic E-state index is 0.355. The Bertz CT molecular complexity index is 238. The lowest BCUT2D eigenvalue weighted by molar-refractivity contribution is 0.0273. The van der Waals surface area contributed by atoms with Crippen LogP contribution in [0.2, 0.25) is 0 Å². The van der Waals surface area contributed by atoms with Crippen molar-refractivity contribution in [1.82, 2.24) is 10.2 Å². The van der Waals surface area contributed by atoms with Gasteiger partial charge in [0.25, 0.3) is 0 Å². The van der Waals surface area contributed by atoms with Gasteiger partial charge in [0.2, 0.25) is 0 Å². The molecule has 20 heavy (non-hydrogen) atoms. The van der Waals surface area contributed by atoms with Crippen LogP contribution in [-0.4, -0.2) is 36.1 Å². The van der Waals surface area contributed by atoms with Crippen LogP contribution in [0.3, 0.4) is 0 Å². The van der Waals surface area contributed by atoms with Gasteiger partial charge in [-0.1, -0.05) is 47.5 Å². The topological polar surface area (TPSA) is 15.3 Å². The molecule has 0 aliphatic heterocycles. The molecule has 1 unspecified atom stereocenters. The van der Waals surface area contributed by atoms with Gasteiger partial charge >= 0.3 is 0 Å². The zero-order chi connectivity index (χ0) is 15.0. The van der Waals surface area contributed by atoms with Gasteiger partial charge < -0.3 is 5.32 Å². The van der Waals surface area contributed by atoms with E-state index in [1.165, 1.54) is 64.6 Å². The highest BCUT2D eigenvalue weighted by atomic mass is 15.2. The van der Waals surface area contributed by atoms with Crippen LogP contribution in [0.5, 0.6) is 0 Å². The van der Waals surface area contributed by atoms with E-state index in [1.807, 2.05) is 0 Å². The Morgan fingerprint density at radius 3 is 1.95 bits per heavy atom. The van der Waals surface area contributed by atoms with E-state index >= 15 is 0 Å². The van der Waals surface area contributed by atoms with Crippen molar-refractivity contribution in [2.24, 2.45) is 5.92 Å². The van der Waals surface area contributed by atoms with Crippen molar-refractivity contribution in [3.63, 3.8) is 0 Å². The van der Waals surface area contributed by atoms with Gasteiger partial charge in [0.1, 0.15) is 0 Å².